The molecule has 4 nitrogen and oxygen atoms in total. The van der Waals surface area contributed by atoms with Gasteiger partial charge in [0.15, 0.2) is 6.29 Å². The largest absolute Gasteiger partial charge is 0.340 e. The third-order valence-electron chi connectivity index (χ3n) is 3.74. The van der Waals surface area contributed by atoms with Crippen molar-refractivity contribution in [1.29, 1.82) is 0 Å². The molecule has 2 aromatic rings. The highest BCUT2D eigenvalue weighted by molar-refractivity contribution is 6.12. The van der Waals surface area contributed by atoms with Crippen LogP contribution in [0.25, 0.3) is 10.8 Å². The molecule has 0 aliphatic carbocycles. The molecule has 0 fully saturated rings. The van der Waals surface area contributed by atoms with E-state index in [9.17, 15) is 9.59 Å². The highest BCUT2D eigenvalue weighted by Crippen LogP contribution is 2.25. The number of fused-ring (bicyclic) bond motifs is 1. The highest BCUT2D eigenvalue weighted by atomic mass is 16.2. The molecule has 0 bridgehead atoms. The monoisotopic (exact) mass is 298 g/mol. The van der Waals surface area contributed by atoms with Crippen molar-refractivity contribution in [2.24, 2.45) is 0 Å². The zero-order chi connectivity index (χ0) is 16.3. The van der Waals surface area contributed by atoms with Gasteiger partial charge in [0.05, 0.1) is 0 Å². The summed E-state index contributed by atoms with van der Waals surface area (Å²) in [5, 5.41) is 1.67. The van der Waals surface area contributed by atoms with Crippen LogP contribution in [-0.4, -0.2) is 56.2 Å². The Morgan fingerprint density at radius 3 is 2.50 bits per heavy atom. The SMILES string of the molecule is Cc1cc(C(=O)N(C)CCN(C)C)c2c(C=O)cccc2c1. The molecule has 0 atom stereocenters. The number of hydrogen-bond acceptors (Lipinski definition) is 3. The fourth-order valence-electron chi connectivity index (χ4n) is 2.53. The molecular weight excluding hydrogens is 276 g/mol. The van der Waals surface area contributed by atoms with Gasteiger partial charge in [-0.3, -0.25) is 9.59 Å². The van der Waals surface area contributed by atoms with Crippen LogP contribution in [0.15, 0.2) is 30.3 Å². The molecule has 0 N–H and O–H groups in total. The predicted octanol–water partition coefficient (Wildman–Crippen LogP) is 2.59. The lowest BCUT2D eigenvalue weighted by atomic mass is 9.96. The number of carbonyl (C=O) groups excluding carboxylic acids is 2. The molecule has 0 aliphatic rings. The Morgan fingerprint density at radius 2 is 1.86 bits per heavy atom. The third-order valence-corrected chi connectivity index (χ3v) is 3.74. The summed E-state index contributed by atoms with van der Waals surface area (Å²) in [6, 6.07) is 9.39. The first-order chi connectivity index (χ1) is 10.4. The fourth-order valence-corrected chi connectivity index (χ4v) is 2.53. The maximum Gasteiger partial charge on any atom is 0.254 e. The summed E-state index contributed by atoms with van der Waals surface area (Å²) >= 11 is 0. The van der Waals surface area contributed by atoms with E-state index in [1.165, 1.54) is 0 Å². The summed E-state index contributed by atoms with van der Waals surface area (Å²) in [6.07, 6.45) is 0.814. The van der Waals surface area contributed by atoms with E-state index in [4.69, 9.17) is 0 Å². The number of hydrogen-bond donors (Lipinski definition) is 0. The van der Waals surface area contributed by atoms with E-state index in [-0.39, 0.29) is 5.91 Å². The average Bonchev–Trinajstić information content (AvgIpc) is 2.50. The van der Waals surface area contributed by atoms with Crippen LogP contribution in [0, 0.1) is 6.92 Å². The topological polar surface area (TPSA) is 40.6 Å². The molecule has 116 valence electrons. The van der Waals surface area contributed by atoms with Crippen LogP contribution in [0.5, 0.6) is 0 Å². The van der Waals surface area contributed by atoms with Crippen molar-refractivity contribution in [1.82, 2.24) is 9.80 Å². The summed E-state index contributed by atoms with van der Waals surface area (Å²) in [4.78, 5) is 27.9. The Kier molecular flexibility index (Phi) is 4.93. The lowest BCUT2D eigenvalue weighted by Crippen LogP contribution is -2.33. The van der Waals surface area contributed by atoms with Crippen LogP contribution in [-0.2, 0) is 0 Å². The molecule has 0 aliphatic heterocycles. The van der Waals surface area contributed by atoms with Gasteiger partial charge >= 0.3 is 0 Å². The molecule has 2 aromatic carbocycles. The first kappa shape index (κ1) is 16.2. The van der Waals surface area contributed by atoms with Crippen molar-refractivity contribution >= 4 is 23.0 Å². The maximum atomic E-state index is 12.8. The van der Waals surface area contributed by atoms with Crippen LogP contribution >= 0.6 is 0 Å². The molecule has 0 radical (unpaired) electrons. The molecule has 4 heteroatoms. The molecular formula is C18H22N2O2. The van der Waals surface area contributed by atoms with Crippen molar-refractivity contribution in [2.45, 2.75) is 6.92 Å². The number of aryl methyl sites for hydroxylation is 1. The minimum atomic E-state index is -0.0511. The van der Waals surface area contributed by atoms with E-state index >= 15 is 0 Å². The van der Waals surface area contributed by atoms with Gasteiger partial charge in [-0.05, 0) is 38.0 Å². The molecule has 0 saturated carbocycles. The maximum absolute atomic E-state index is 12.8. The lowest BCUT2D eigenvalue weighted by Gasteiger charge is -2.21. The molecule has 1 amide bonds. The number of rotatable bonds is 5. The molecule has 0 heterocycles. The zero-order valence-electron chi connectivity index (χ0n) is 13.6. The van der Waals surface area contributed by atoms with Crippen molar-refractivity contribution in [2.75, 3.05) is 34.2 Å². The van der Waals surface area contributed by atoms with Crippen LogP contribution in [0.2, 0.25) is 0 Å². The Bertz CT molecular complexity index is 708. The second-order valence-corrected chi connectivity index (χ2v) is 5.91. The van der Waals surface area contributed by atoms with Gasteiger partial charge < -0.3 is 9.80 Å². The van der Waals surface area contributed by atoms with Gasteiger partial charge in [0.2, 0.25) is 0 Å². The molecule has 22 heavy (non-hydrogen) atoms. The van der Waals surface area contributed by atoms with E-state index in [0.717, 1.165) is 29.2 Å². The van der Waals surface area contributed by atoms with E-state index in [1.807, 2.05) is 50.2 Å². The summed E-state index contributed by atoms with van der Waals surface area (Å²) in [5.41, 5.74) is 2.17. The summed E-state index contributed by atoms with van der Waals surface area (Å²) in [5.74, 6) is -0.0511. The number of nitrogens with zero attached hydrogens (tertiary/aromatic N) is 2. The molecule has 0 spiro atoms. The van der Waals surface area contributed by atoms with Gasteiger partial charge in [0.1, 0.15) is 0 Å². The highest BCUT2D eigenvalue weighted by Gasteiger charge is 2.17. The van der Waals surface area contributed by atoms with Gasteiger partial charge in [0.25, 0.3) is 5.91 Å². The van der Waals surface area contributed by atoms with Gasteiger partial charge in [0, 0.05) is 36.7 Å². The van der Waals surface area contributed by atoms with Crippen molar-refractivity contribution < 1.29 is 9.59 Å². The molecule has 0 unspecified atom stereocenters. The van der Waals surface area contributed by atoms with Gasteiger partial charge in [-0.25, -0.2) is 0 Å². The van der Waals surface area contributed by atoms with E-state index in [2.05, 4.69) is 0 Å². The Labute approximate surface area is 131 Å². The molecule has 0 saturated heterocycles. The van der Waals surface area contributed by atoms with E-state index in [0.29, 0.717) is 17.7 Å². The van der Waals surface area contributed by atoms with Gasteiger partial charge in [-0.15, -0.1) is 0 Å². The Balaban J connectivity index is 2.49. The minimum absolute atomic E-state index is 0.0511. The normalized spacial score (nSPS) is 11.0. The first-order valence-electron chi connectivity index (χ1n) is 7.32. The van der Waals surface area contributed by atoms with Crippen molar-refractivity contribution in [3.05, 3.63) is 47.0 Å². The Morgan fingerprint density at radius 1 is 1.14 bits per heavy atom. The fraction of sp³-hybridized carbons (Fsp3) is 0.333. The van der Waals surface area contributed by atoms with E-state index < -0.39 is 0 Å². The second kappa shape index (κ2) is 6.71. The summed E-state index contributed by atoms with van der Waals surface area (Å²) in [7, 11) is 5.75. The smallest absolute Gasteiger partial charge is 0.254 e. The van der Waals surface area contributed by atoms with Crippen LogP contribution < -0.4 is 0 Å². The standard InChI is InChI=1S/C18H22N2O2/c1-13-10-14-6-5-7-15(12-21)17(14)16(11-13)18(22)20(4)9-8-19(2)3/h5-7,10-12H,8-9H2,1-4H3. The van der Waals surface area contributed by atoms with Crippen molar-refractivity contribution in [3.63, 3.8) is 0 Å². The van der Waals surface area contributed by atoms with Gasteiger partial charge in [-0.2, -0.15) is 0 Å². The van der Waals surface area contributed by atoms with Crippen LogP contribution in [0.3, 0.4) is 0 Å². The second-order valence-electron chi connectivity index (χ2n) is 5.91. The predicted molar refractivity (Wildman–Crippen MR) is 89.6 cm³/mol. The molecule has 0 aromatic heterocycles. The number of amides is 1. The quantitative estimate of drug-likeness (QED) is 0.797. The van der Waals surface area contributed by atoms with Gasteiger partial charge in [-0.1, -0.05) is 24.3 Å². The molecule has 2 rings (SSSR count). The summed E-state index contributed by atoms with van der Waals surface area (Å²) < 4.78 is 0. The number of aldehydes is 1. The average molecular weight is 298 g/mol. The first-order valence-corrected chi connectivity index (χ1v) is 7.32. The Hall–Kier alpha value is -2.20. The van der Waals surface area contributed by atoms with Crippen LogP contribution in [0.1, 0.15) is 26.3 Å². The number of benzene rings is 2. The van der Waals surface area contributed by atoms with E-state index in [1.54, 1.807) is 18.0 Å². The third kappa shape index (κ3) is 3.34. The van der Waals surface area contributed by atoms with Crippen LogP contribution in [0.4, 0.5) is 0 Å². The number of likely N-dealkylation sites (N-methyl/N-ethyl adjacent to an activating group) is 2. The summed E-state index contributed by atoms with van der Waals surface area (Å²) in [6.45, 7) is 3.40. The lowest BCUT2D eigenvalue weighted by molar-refractivity contribution is 0.0788. The van der Waals surface area contributed by atoms with Crippen molar-refractivity contribution in [3.8, 4) is 0 Å². The zero-order valence-corrected chi connectivity index (χ0v) is 13.6. The minimum Gasteiger partial charge on any atom is -0.340 e. The number of carbonyl (C=O) groups is 2.